The van der Waals surface area contributed by atoms with E-state index in [0.717, 1.165) is 70.9 Å². The first-order chi connectivity index (χ1) is 15.3. The maximum absolute atomic E-state index is 5.62. The molecule has 3 heterocycles. The number of pyridine rings is 1. The molecule has 8 heteroatoms. The number of nitrogens with zero attached hydrogens (tertiary/aromatic N) is 4. The van der Waals surface area contributed by atoms with Gasteiger partial charge in [0.1, 0.15) is 5.82 Å². The lowest BCUT2D eigenvalue weighted by Crippen LogP contribution is -2.60. The van der Waals surface area contributed by atoms with Crippen molar-refractivity contribution in [3.05, 3.63) is 23.9 Å². The number of guanidine groups is 1. The Hall–Kier alpha value is -1.90. The van der Waals surface area contributed by atoms with E-state index in [0.29, 0.717) is 6.54 Å². The Morgan fingerprint density at radius 3 is 2.45 bits per heavy atom. The number of ether oxygens (including phenoxy) is 2. The van der Waals surface area contributed by atoms with Crippen LogP contribution in [0.2, 0.25) is 0 Å². The summed E-state index contributed by atoms with van der Waals surface area (Å²) in [6.07, 6.45) is 8.34. The smallest absolute Gasteiger partial charge is 0.191 e. The van der Waals surface area contributed by atoms with Crippen molar-refractivity contribution in [1.29, 1.82) is 0 Å². The number of aromatic nitrogens is 1. The van der Waals surface area contributed by atoms with Crippen molar-refractivity contribution in [2.45, 2.75) is 44.2 Å². The number of nitrogens with one attached hydrogen (secondary N) is 2. The minimum absolute atomic E-state index is 0.215. The molecule has 0 bridgehead atoms. The summed E-state index contributed by atoms with van der Waals surface area (Å²) in [5, 5.41) is 7.17. The molecule has 4 rings (SSSR count). The molecule has 0 spiro atoms. The first-order valence-corrected chi connectivity index (χ1v) is 11.8. The Kier molecular flexibility index (Phi) is 7.99. The second kappa shape index (κ2) is 11.1. The molecule has 1 aromatic rings. The Balaban J connectivity index is 1.36. The third-order valence-corrected chi connectivity index (χ3v) is 6.90. The van der Waals surface area contributed by atoms with Gasteiger partial charge in [-0.2, -0.15) is 0 Å². The summed E-state index contributed by atoms with van der Waals surface area (Å²) in [6.45, 7) is 8.68. The van der Waals surface area contributed by atoms with Crippen molar-refractivity contribution in [1.82, 2.24) is 20.5 Å². The number of anilines is 1. The molecule has 1 aliphatic carbocycles. The molecule has 2 N–H and O–H groups in total. The Morgan fingerprint density at radius 1 is 1.03 bits per heavy atom. The summed E-state index contributed by atoms with van der Waals surface area (Å²) < 4.78 is 11.1. The number of hydrogen-bond donors (Lipinski definition) is 2. The maximum Gasteiger partial charge on any atom is 0.191 e. The van der Waals surface area contributed by atoms with E-state index in [9.17, 15) is 0 Å². The van der Waals surface area contributed by atoms with E-state index >= 15 is 0 Å². The molecular weight excluding hydrogens is 392 g/mol. The van der Waals surface area contributed by atoms with Crippen LogP contribution in [0.15, 0.2) is 23.3 Å². The first kappa shape index (κ1) is 22.3. The summed E-state index contributed by atoms with van der Waals surface area (Å²) in [6, 6.07) is 4.15. The van der Waals surface area contributed by atoms with Crippen LogP contribution in [0, 0.1) is 0 Å². The highest BCUT2D eigenvalue weighted by atomic mass is 16.5. The lowest BCUT2D eigenvalue weighted by Gasteiger charge is -2.48. The fraction of sp³-hybridized carbons (Fsp3) is 0.739. The van der Waals surface area contributed by atoms with E-state index < -0.39 is 0 Å². The van der Waals surface area contributed by atoms with Gasteiger partial charge < -0.3 is 25.0 Å². The van der Waals surface area contributed by atoms with Gasteiger partial charge in [0.05, 0.1) is 26.4 Å². The summed E-state index contributed by atoms with van der Waals surface area (Å²) in [5.74, 6) is 1.90. The quantitative estimate of drug-likeness (QED) is 0.525. The monoisotopic (exact) mass is 430 g/mol. The van der Waals surface area contributed by atoms with Crippen LogP contribution in [0.4, 0.5) is 5.82 Å². The molecule has 2 saturated heterocycles. The fourth-order valence-corrected chi connectivity index (χ4v) is 5.13. The van der Waals surface area contributed by atoms with Gasteiger partial charge in [-0.1, -0.05) is 25.3 Å². The van der Waals surface area contributed by atoms with Gasteiger partial charge in [0, 0.05) is 63.6 Å². The predicted molar refractivity (Wildman–Crippen MR) is 124 cm³/mol. The van der Waals surface area contributed by atoms with Gasteiger partial charge in [0.25, 0.3) is 0 Å². The number of rotatable bonds is 6. The summed E-state index contributed by atoms with van der Waals surface area (Å²) in [7, 11) is 1.85. The molecule has 0 atom stereocenters. The molecule has 0 unspecified atom stereocenters. The molecule has 3 aliphatic rings. The predicted octanol–water partition coefficient (Wildman–Crippen LogP) is 1.62. The van der Waals surface area contributed by atoms with Crippen molar-refractivity contribution in [2.75, 3.05) is 71.1 Å². The normalized spacial score (nSPS) is 22.9. The van der Waals surface area contributed by atoms with Crippen LogP contribution < -0.4 is 15.5 Å². The average molecular weight is 431 g/mol. The zero-order valence-corrected chi connectivity index (χ0v) is 18.9. The number of aliphatic imine (C=N–C) groups is 1. The van der Waals surface area contributed by atoms with Crippen LogP contribution in [0.3, 0.4) is 0 Å². The van der Waals surface area contributed by atoms with Crippen LogP contribution in [0.1, 0.15) is 37.7 Å². The molecule has 8 nitrogen and oxygen atoms in total. The second-order valence-electron chi connectivity index (χ2n) is 8.75. The average Bonchev–Trinajstić information content (AvgIpc) is 2.86. The third-order valence-electron chi connectivity index (χ3n) is 6.90. The van der Waals surface area contributed by atoms with Crippen LogP contribution in [-0.4, -0.2) is 87.6 Å². The molecule has 0 radical (unpaired) electrons. The van der Waals surface area contributed by atoms with Crippen LogP contribution in [0.5, 0.6) is 0 Å². The van der Waals surface area contributed by atoms with Crippen LogP contribution >= 0.6 is 0 Å². The third kappa shape index (κ3) is 5.67. The summed E-state index contributed by atoms with van der Waals surface area (Å²) >= 11 is 0. The van der Waals surface area contributed by atoms with Gasteiger partial charge in [-0.05, 0) is 18.9 Å². The van der Waals surface area contributed by atoms with Gasteiger partial charge >= 0.3 is 0 Å². The lowest BCUT2D eigenvalue weighted by atomic mass is 9.80. The molecule has 31 heavy (non-hydrogen) atoms. The van der Waals surface area contributed by atoms with Gasteiger partial charge in [-0.25, -0.2) is 4.98 Å². The fourth-order valence-electron chi connectivity index (χ4n) is 5.13. The minimum atomic E-state index is 0.215. The van der Waals surface area contributed by atoms with Crippen molar-refractivity contribution in [3.63, 3.8) is 0 Å². The van der Waals surface area contributed by atoms with Gasteiger partial charge in [0.2, 0.25) is 0 Å². The standard InChI is InChI=1S/C23H38N6O2/c1-24-22(26-18-20-6-5-9-25-21(20)28-10-14-30-15-11-28)27-19-23(7-3-2-4-8-23)29-12-16-31-17-13-29/h5-6,9H,2-4,7-8,10-19H2,1H3,(H2,24,26,27). The molecule has 1 aromatic heterocycles. The molecule has 172 valence electrons. The van der Waals surface area contributed by atoms with Gasteiger partial charge in [-0.3, -0.25) is 9.89 Å². The molecule has 0 aromatic carbocycles. The first-order valence-electron chi connectivity index (χ1n) is 11.8. The Bertz CT molecular complexity index is 710. The zero-order valence-electron chi connectivity index (χ0n) is 18.9. The van der Waals surface area contributed by atoms with Crippen molar-refractivity contribution in [3.8, 4) is 0 Å². The largest absolute Gasteiger partial charge is 0.379 e. The number of hydrogen-bond acceptors (Lipinski definition) is 6. The highest BCUT2D eigenvalue weighted by molar-refractivity contribution is 5.79. The van der Waals surface area contributed by atoms with E-state index in [1.54, 1.807) is 0 Å². The van der Waals surface area contributed by atoms with Crippen molar-refractivity contribution < 1.29 is 9.47 Å². The molecule has 0 amide bonds. The molecule has 3 fully saturated rings. The van der Waals surface area contributed by atoms with Crippen LogP contribution in [-0.2, 0) is 16.0 Å². The Morgan fingerprint density at radius 2 is 1.74 bits per heavy atom. The molecular formula is C23H38N6O2. The minimum Gasteiger partial charge on any atom is -0.379 e. The van der Waals surface area contributed by atoms with Gasteiger partial charge in [-0.15, -0.1) is 0 Å². The maximum atomic E-state index is 5.62. The van der Waals surface area contributed by atoms with Crippen molar-refractivity contribution in [2.24, 2.45) is 4.99 Å². The van der Waals surface area contributed by atoms with Crippen LogP contribution in [0.25, 0.3) is 0 Å². The lowest BCUT2D eigenvalue weighted by molar-refractivity contribution is -0.0352. The van der Waals surface area contributed by atoms with E-state index in [2.05, 4.69) is 36.5 Å². The Labute approximate surface area is 186 Å². The molecule has 1 saturated carbocycles. The second-order valence-corrected chi connectivity index (χ2v) is 8.75. The van der Waals surface area contributed by atoms with E-state index in [-0.39, 0.29) is 5.54 Å². The topological polar surface area (TPSA) is 74.2 Å². The summed E-state index contributed by atoms with van der Waals surface area (Å²) in [4.78, 5) is 14.1. The highest BCUT2D eigenvalue weighted by Crippen LogP contribution is 2.33. The van der Waals surface area contributed by atoms with Crippen molar-refractivity contribution >= 4 is 11.8 Å². The van der Waals surface area contributed by atoms with E-state index in [1.807, 2.05) is 19.3 Å². The van der Waals surface area contributed by atoms with Gasteiger partial charge in [0.15, 0.2) is 5.96 Å². The molecule has 2 aliphatic heterocycles. The van der Waals surface area contributed by atoms with E-state index in [1.165, 1.54) is 37.7 Å². The number of morpholine rings is 2. The zero-order chi connectivity index (χ0) is 21.4. The van der Waals surface area contributed by atoms with E-state index in [4.69, 9.17) is 9.47 Å². The SMILES string of the molecule is CN=C(NCc1cccnc1N1CCOCC1)NCC1(N2CCOCC2)CCCCC1. The highest BCUT2D eigenvalue weighted by Gasteiger charge is 2.38. The summed E-state index contributed by atoms with van der Waals surface area (Å²) in [5.41, 5.74) is 1.40.